The zero-order valence-electron chi connectivity index (χ0n) is 9.09. The molecule has 2 rings (SSSR count). The molecule has 0 unspecified atom stereocenters. The summed E-state index contributed by atoms with van der Waals surface area (Å²) < 4.78 is 0. The van der Waals surface area contributed by atoms with Gasteiger partial charge in [0.25, 0.3) is 0 Å². The molecule has 0 aromatic heterocycles. The van der Waals surface area contributed by atoms with Crippen molar-refractivity contribution in [2.75, 3.05) is 0 Å². The molecule has 0 atom stereocenters. The van der Waals surface area contributed by atoms with E-state index in [1.807, 2.05) is 24.3 Å². The van der Waals surface area contributed by atoms with Crippen LogP contribution in [0.5, 0.6) is 0 Å². The van der Waals surface area contributed by atoms with Gasteiger partial charge in [-0.1, -0.05) is 0 Å². The number of rotatable bonds is 0. The maximum Gasteiger partial charge on any atom is 3.00 e. The molecule has 0 saturated carbocycles. The van der Waals surface area contributed by atoms with Gasteiger partial charge < -0.3 is 8.35 Å². The van der Waals surface area contributed by atoms with Crippen molar-refractivity contribution in [3.8, 4) is 0 Å². The van der Waals surface area contributed by atoms with E-state index in [0.717, 1.165) is 12.8 Å². The third kappa shape index (κ3) is 11.8. The Labute approximate surface area is 103 Å². The second-order valence-electron chi connectivity index (χ2n) is 2.01. The Bertz CT molecular complexity index is 148. The molecule has 69 valence electrons. The maximum atomic E-state index is 3.25. The van der Waals surface area contributed by atoms with Gasteiger partial charge in [-0.25, -0.2) is 24.3 Å². The average molecular weight is 251 g/mol. The molecule has 0 saturated heterocycles. The van der Waals surface area contributed by atoms with E-state index >= 15 is 0 Å². The molecule has 2 aliphatic carbocycles. The third-order valence-corrected chi connectivity index (χ3v) is 1.17. The maximum absolute atomic E-state index is 3.25. The van der Waals surface area contributed by atoms with Crippen molar-refractivity contribution in [3.05, 3.63) is 55.5 Å². The third-order valence-electron chi connectivity index (χ3n) is 1.17. The molecule has 0 spiro atoms. The van der Waals surface area contributed by atoms with Crippen molar-refractivity contribution in [1.29, 1.82) is 0 Å². The van der Waals surface area contributed by atoms with Gasteiger partial charge in [-0.15, -0.1) is 12.8 Å². The van der Waals surface area contributed by atoms with Gasteiger partial charge >= 0.3 is 26.2 Å². The van der Waals surface area contributed by atoms with Gasteiger partial charge in [0.2, 0.25) is 0 Å². The van der Waals surface area contributed by atoms with Gasteiger partial charge in [0.05, 0.1) is 0 Å². The number of allylic oxidation sites excluding steroid dienone is 8. The molecular weight excluding hydrogens is 235 g/mol. The predicted molar refractivity (Wildman–Crippen MR) is 55.3 cm³/mol. The van der Waals surface area contributed by atoms with E-state index in [9.17, 15) is 0 Å². The second-order valence-corrected chi connectivity index (χ2v) is 2.01. The van der Waals surface area contributed by atoms with Crippen LogP contribution in [0, 0.1) is 19.1 Å². The largest absolute Gasteiger partial charge is 3.00 e. The van der Waals surface area contributed by atoms with Gasteiger partial charge in [-0.05, 0) is 0 Å². The number of hydrogen-bond donors (Lipinski definition) is 0. The van der Waals surface area contributed by atoms with Crippen molar-refractivity contribution in [2.45, 2.75) is 19.8 Å². The van der Waals surface area contributed by atoms with Crippen LogP contribution in [0.15, 0.2) is 36.5 Å². The van der Waals surface area contributed by atoms with E-state index in [1.54, 1.807) is 6.92 Å². The van der Waals surface area contributed by atoms with E-state index in [1.165, 1.54) is 0 Å². The summed E-state index contributed by atoms with van der Waals surface area (Å²) >= 11 is 0. The van der Waals surface area contributed by atoms with Gasteiger partial charge in [0.15, 0.2) is 0 Å². The minimum Gasteiger partial charge on any atom is -1.00 e. The minimum absolute atomic E-state index is 0. The number of hydrogen-bond acceptors (Lipinski definition) is 0. The molecular formula is C12H16Zr-. The van der Waals surface area contributed by atoms with Crippen molar-refractivity contribution in [3.63, 3.8) is 0 Å². The molecule has 1 heteroatoms. The Hall–Kier alpha value is -0.157. The molecule has 0 aromatic rings. The van der Waals surface area contributed by atoms with Crippen LogP contribution in [0.25, 0.3) is 0 Å². The summed E-state index contributed by atoms with van der Waals surface area (Å²) in [5, 5.41) is 0. The van der Waals surface area contributed by atoms with Crippen LogP contribution >= 0.6 is 0 Å². The summed E-state index contributed by atoms with van der Waals surface area (Å²) in [6.07, 6.45) is 20.0. The Morgan fingerprint density at radius 2 is 1.38 bits per heavy atom. The normalized spacial score (nSPS) is 14.0. The molecule has 13 heavy (non-hydrogen) atoms. The molecule has 0 nitrogen and oxygen atoms in total. The smallest absolute Gasteiger partial charge is 1.00 e. The van der Waals surface area contributed by atoms with E-state index in [0.29, 0.717) is 0 Å². The van der Waals surface area contributed by atoms with E-state index in [-0.39, 0.29) is 27.6 Å². The average Bonchev–Trinajstić information content (AvgIpc) is 2.87. The topological polar surface area (TPSA) is 0 Å². The summed E-state index contributed by atoms with van der Waals surface area (Å²) in [6.45, 7) is 5.00. The summed E-state index contributed by atoms with van der Waals surface area (Å²) in [6, 6.07) is 0. The molecule has 2 aliphatic rings. The molecule has 0 amide bonds. The minimum atomic E-state index is 0. The first-order chi connectivity index (χ1) is 6.00. The summed E-state index contributed by atoms with van der Waals surface area (Å²) in [7, 11) is 0. The van der Waals surface area contributed by atoms with Crippen LogP contribution < -0.4 is 0 Å². The van der Waals surface area contributed by atoms with E-state index in [2.05, 4.69) is 31.2 Å². The second kappa shape index (κ2) is 14.4. The first kappa shape index (κ1) is 15.3. The quantitative estimate of drug-likeness (QED) is 0.578. The summed E-state index contributed by atoms with van der Waals surface area (Å²) in [5.41, 5.74) is 0. The monoisotopic (exact) mass is 250 g/mol. The zero-order chi connectivity index (χ0) is 9.07. The van der Waals surface area contributed by atoms with Crippen LogP contribution in [0.2, 0.25) is 0 Å². The Morgan fingerprint density at radius 1 is 1.00 bits per heavy atom. The molecule has 0 aliphatic heterocycles. The summed E-state index contributed by atoms with van der Waals surface area (Å²) in [4.78, 5) is 0. The standard InChI is InChI=1S/2C5H5.C2H5.Zr.H/c2*1-2-4-5-3-1;1-2;;/h2*1-3H,4H2;1H2,2H3;;/q3*-1;+3;-1. The fourth-order valence-electron chi connectivity index (χ4n) is 0.680. The zero-order valence-corrected chi connectivity index (χ0v) is 10.5. The van der Waals surface area contributed by atoms with Crippen LogP contribution in [0.1, 0.15) is 21.2 Å². The Morgan fingerprint density at radius 3 is 1.46 bits per heavy atom. The molecule has 0 heterocycles. The molecule has 1 radical (unpaired) electrons. The van der Waals surface area contributed by atoms with Crippen molar-refractivity contribution >= 4 is 0 Å². The summed E-state index contributed by atoms with van der Waals surface area (Å²) in [5.74, 6) is 0. The fourth-order valence-corrected chi connectivity index (χ4v) is 0.680. The van der Waals surface area contributed by atoms with Gasteiger partial charge in [-0.3, -0.25) is 12.2 Å². The van der Waals surface area contributed by atoms with Crippen molar-refractivity contribution in [1.82, 2.24) is 0 Å². The van der Waals surface area contributed by atoms with Gasteiger partial charge in [0.1, 0.15) is 0 Å². The fraction of sp³-hybridized carbons (Fsp3) is 0.250. The van der Waals surface area contributed by atoms with E-state index < -0.39 is 0 Å². The first-order valence-electron chi connectivity index (χ1n) is 4.14. The van der Waals surface area contributed by atoms with E-state index in [4.69, 9.17) is 0 Å². The molecule has 0 N–H and O–H groups in total. The van der Waals surface area contributed by atoms with Crippen LogP contribution in [0.4, 0.5) is 0 Å². The van der Waals surface area contributed by atoms with Crippen molar-refractivity contribution in [2.24, 2.45) is 0 Å². The van der Waals surface area contributed by atoms with Gasteiger partial charge in [0, 0.05) is 0 Å². The van der Waals surface area contributed by atoms with Crippen LogP contribution in [0.3, 0.4) is 0 Å². The van der Waals surface area contributed by atoms with Crippen LogP contribution in [-0.2, 0) is 26.2 Å². The molecule has 0 aromatic carbocycles. The molecule has 0 bridgehead atoms. The van der Waals surface area contributed by atoms with Gasteiger partial charge in [-0.2, -0.15) is 19.1 Å². The Balaban J connectivity index is -0.000000131. The predicted octanol–water partition coefficient (Wildman–Crippen LogP) is 3.56. The Kier molecular flexibility index (Phi) is 16.9. The first-order valence-corrected chi connectivity index (χ1v) is 4.14. The van der Waals surface area contributed by atoms with Crippen molar-refractivity contribution < 1.29 is 27.6 Å². The SMILES string of the molecule is [C-]1=CC=CC1.[C-]1=CC=CC1.[CH2-]C.[H-].[Zr+3]. The van der Waals surface area contributed by atoms with Crippen LogP contribution in [-0.4, -0.2) is 0 Å². The molecule has 0 fully saturated rings.